The van der Waals surface area contributed by atoms with Crippen molar-refractivity contribution >= 4 is 34.8 Å². The maximum Gasteiger partial charge on any atom is 0.252 e. The van der Waals surface area contributed by atoms with Gasteiger partial charge in [0.05, 0.1) is 20.1 Å². The van der Waals surface area contributed by atoms with Gasteiger partial charge in [-0.2, -0.15) is 0 Å². The second-order valence-electron chi connectivity index (χ2n) is 9.44. The van der Waals surface area contributed by atoms with E-state index in [1.54, 1.807) is 24.1 Å². The number of carbonyl (C=O) groups is 2. The van der Waals surface area contributed by atoms with Crippen LogP contribution in [0.2, 0.25) is 0 Å². The number of ether oxygens (including phenoxy) is 2. The number of amides is 2. The Bertz CT molecular complexity index is 1250. The van der Waals surface area contributed by atoms with Crippen LogP contribution in [0.3, 0.4) is 0 Å². The van der Waals surface area contributed by atoms with E-state index in [4.69, 9.17) is 21.7 Å². The zero-order valence-electron chi connectivity index (χ0n) is 22.5. The molecule has 1 fully saturated rings. The molecule has 2 amide bonds. The lowest BCUT2D eigenvalue weighted by Gasteiger charge is -2.24. The summed E-state index contributed by atoms with van der Waals surface area (Å²) in [6.45, 7) is 3.69. The van der Waals surface area contributed by atoms with E-state index in [0.29, 0.717) is 43.3 Å². The maximum absolute atomic E-state index is 13.6. The number of anilines is 1. The van der Waals surface area contributed by atoms with Crippen molar-refractivity contribution in [1.29, 1.82) is 0 Å². The minimum atomic E-state index is -0.654. The predicted octanol–water partition coefficient (Wildman–Crippen LogP) is 5.10. The van der Waals surface area contributed by atoms with Crippen molar-refractivity contribution in [1.82, 2.24) is 9.80 Å². The molecule has 0 aliphatic carbocycles. The van der Waals surface area contributed by atoms with Crippen molar-refractivity contribution in [3.63, 3.8) is 0 Å². The molecular formula is C31H35N3O4S. The van der Waals surface area contributed by atoms with E-state index in [1.165, 1.54) is 0 Å². The summed E-state index contributed by atoms with van der Waals surface area (Å²) in [5, 5.41) is 3.39. The van der Waals surface area contributed by atoms with Gasteiger partial charge in [0.2, 0.25) is 5.91 Å². The van der Waals surface area contributed by atoms with Crippen LogP contribution in [0.25, 0.3) is 0 Å². The number of benzene rings is 3. The standard InChI is InChI=1S/C31H35N3O4S/c1-3-21-38-27-15-11-25(12-16-27)32-29(35)22-28-30(36)34(20-18-23-7-5-4-6-8-23)31(39)33(28)19-17-24-9-13-26(37-2)14-10-24/h4-16,28H,3,17-22H2,1-2H3,(H,32,35). The zero-order chi connectivity index (χ0) is 27.6. The molecule has 3 aromatic carbocycles. The van der Waals surface area contributed by atoms with Crippen LogP contribution >= 0.6 is 12.2 Å². The smallest absolute Gasteiger partial charge is 0.252 e. The number of hydrogen-bond acceptors (Lipinski definition) is 5. The lowest BCUT2D eigenvalue weighted by Crippen LogP contribution is -2.39. The molecule has 0 spiro atoms. The molecule has 1 N–H and O–H groups in total. The highest BCUT2D eigenvalue weighted by molar-refractivity contribution is 7.80. The number of rotatable bonds is 13. The van der Waals surface area contributed by atoms with Gasteiger partial charge in [0.15, 0.2) is 5.11 Å². The van der Waals surface area contributed by atoms with E-state index in [9.17, 15) is 9.59 Å². The van der Waals surface area contributed by atoms with Gasteiger partial charge in [-0.25, -0.2) is 0 Å². The molecule has 4 rings (SSSR count). The first kappa shape index (κ1) is 28.1. The first-order valence-electron chi connectivity index (χ1n) is 13.3. The molecule has 1 aliphatic heterocycles. The molecule has 0 radical (unpaired) electrons. The molecule has 8 heteroatoms. The highest BCUT2D eigenvalue weighted by Gasteiger charge is 2.42. The van der Waals surface area contributed by atoms with Crippen LogP contribution in [0.1, 0.15) is 30.9 Å². The minimum Gasteiger partial charge on any atom is -0.497 e. The van der Waals surface area contributed by atoms with E-state index in [2.05, 4.69) is 5.32 Å². The third-order valence-electron chi connectivity index (χ3n) is 6.66. The number of nitrogens with one attached hydrogen (secondary N) is 1. The lowest BCUT2D eigenvalue weighted by atomic mass is 10.1. The predicted molar refractivity (Wildman–Crippen MR) is 157 cm³/mol. The summed E-state index contributed by atoms with van der Waals surface area (Å²) in [7, 11) is 1.64. The molecule has 3 aromatic rings. The summed E-state index contributed by atoms with van der Waals surface area (Å²) in [6, 6.07) is 24.4. The van der Waals surface area contributed by atoms with Gasteiger partial charge in [-0.1, -0.05) is 49.4 Å². The van der Waals surface area contributed by atoms with E-state index in [1.807, 2.05) is 78.6 Å². The summed E-state index contributed by atoms with van der Waals surface area (Å²) in [4.78, 5) is 30.2. The van der Waals surface area contributed by atoms with Crippen molar-refractivity contribution in [2.45, 2.75) is 38.6 Å². The van der Waals surface area contributed by atoms with Crippen LogP contribution in [0.5, 0.6) is 11.5 Å². The van der Waals surface area contributed by atoms with Gasteiger partial charge in [0.1, 0.15) is 17.5 Å². The molecule has 0 aromatic heterocycles. The second kappa shape index (κ2) is 13.8. The summed E-state index contributed by atoms with van der Waals surface area (Å²) < 4.78 is 10.9. The Hall–Kier alpha value is -3.91. The Morgan fingerprint density at radius 2 is 1.54 bits per heavy atom. The van der Waals surface area contributed by atoms with Crippen LogP contribution < -0.4 is 14.8 Å². The summed E-state index contributed by atoms with van der Waals surface area (Å²) in [5.74, 6) is 1.17. The fraction of sp³-hybridized carbons (Fsp3) is 0.323. The Morgan fingerprint density at radius 3 is 2.21 bits per heavy atom. The first-order chi connectivity index (χ1) is 19.0. The Labute approximate surface area is 235 Å². The molecular weight excluding hydrogens is 510 g/mol. The van der Waals surface area contributed by atoms with E-state index in [0.717, 1.165) is 29.0 Å². The monoisotopic (exact) mass is 545 g/mol. The topological polar surface area (TPSA) is 71.1 Å². The number of nitrogens with zero attached hydrogens (tertiary/aromatic N) is 2. The third-order valence-corrected chi connectivity index (χ3v) is 7.12. The van der Waals surface area contributed by atoms with E-state index in [-0.39, 0.29) is 18.2 Å². The Balaban J connectivity index is 1.44. The largest absolute Gasteiger partial charge is 0.497 e. The molecule has 7 nitrogen and oxygen atoms in total. The van der Waals surface area contributed by atoms with E-state index < -0.39 is 6.04 Å². The van der Waals surface area contributed by atoms with Crippen LogP contribution in [-0.2, 0) is 22.4 Å². The SMILES string of the molecule is CCCOc1ccc(NC(=O)CC2C(=O)N(CCc3ccccc3)C(=S)N2CCc2ccc(OC)cc2)cc1. The number of carbonyl (C=O) groups excluding carboxylic acids is 2. The zero-order valence-corrected chi connectivity index (χ0v) is 23.3. The normalized spacial score (nSPS) is 15.0. The number of methoxy groups -OCH3 is 1. The summed E-state index contributed by atoms with van der Waals surface area (Å²) >= 11 is 5.78. The molecule has 1 saturated heterocycles. The van der Waals surface area contributed by atoms with Crippen molar-refractivity contribution in [3.8, 4) is 11.5 Å². The van der Waals surface area contributed by atoms with E-state index >= 15 is 0 Å². The molecule has 0 bridgehead atoms. The van der Waals surface area contributed by atoms with Crippen LogP contribution in [-0.4, -0.2) is 59.6 Å². The average Bonchev–Trinajstić information content (AvgIpc) is 3.18. The molecule has 1 aliphatic rings. The maximum atomic E-state index is 13.6. The van der Waals surface area contributed by atoms with Crippen LogP contribution in [0, 0.1) is 0 Å². The molecule has 1 heterocycles. The fourth-order valence-electron chi connectivity index (χ4n) is 4.52. The molecule has 39 heavy (non-hydrogen) atoms. The molecule has 1 atom stereocenters. The lowest BCUT2D eigenvalue weighted by molar-refractivity contribution is -0.130. The minimum absolute atomic E-state index is 0.0114. The Morgan fingerprint density at radius 1 is 0.897 bits per heavy atom. The van der Waals surface area contributed by atoms with Gasteiger partial charge < -0.3 is 19.7 Å². The third kappa shape index (κ3) is 7.57. The highest BCUT2D eigenvalue weighted by atomic mass is 32.1. The van der Waals surface area contributed by atoms with Gasteiger partial charge in [-0.15, -0.1) is 0 Å². The van der Waals surface area contributed by atoms with Gasteiger partial charge >= 0.3 is 0 Å². The average molecular weight is 546 g/mol. The first-order valence-corrected chi connectivity index (χ1v) is 13.7. The van der Waals surface area contributed by atoms with Gasteiger partial charge in [-0.05, 0) is 79.0 Å². The fourth-order valence-corrected chi connectivity index (χ4v) is 4.92. The molecule has 1 unspecified atom stereocenters. The number of thiocarbonyl (C=S) groups is 1. The van der Waals surface area contributed by atoms with Crippen LogP contribution in [0.4, 0.5) is 5.69 Å². The summed E-state index contributed by atoms with van der Waals surface area (Å²) in [6.07, 6.45) is 2.30. The van der Waals surface area contributed by atoms with Crippen molar-refractivity contribution in [2.24, 2.45) is 0 Å². The van der Waals surface area contributed by atoms with Gasteiger partial charge in [0, 0.05) is 18.8 Å². The molecule has 0 saturated carbocycles. The van der Waals surface area contributed by atoms with Gasteiger partial charge in [0.25, 0.3) is 5.91 Å². The summed E-state index contributed by atoms with van der Waals surface area (Å²) in [5.41, 5.74) is 2.88. The Kier molecular flexibility index (Phi) is 9.91. The van der Waals surface area contributed by atoms with Crippen molar-refractivity contribution in [2.75, 3.05) is 32.1 Å². The van der Waals surface area contributed by atoms with Gasteiger partial charge in [-0.3, -0.25) is 14.5 Å². The number of hydrogen-bond donors (Lipinski definition) is 1. The highest BCUT2D eigenvalue weighted by Crippen LogP contribution is 2.24. The van der Waals surface area contributed by atoms with Crippen molar-refractivity contribution < 1.29 is 19.1 Å². The molecule has 204 valence electrons. The quantitative estimate of drug-likeness (QED) is 0.302. The van der Waals surface area contributed by atoms with Crippen LogP contribution in [0.15, 0.2) is 78.9 Å². The van der Waals surface area contributed by atoms with Crippen molar-refractivity contribution in [3.05, 3.63) is 90.0 Å². The second-order valence-corrected chi connectivity index (χ2v) is 9.81.